The Kier molecular flexibility index (Phi) is 3.97. The molecule has 1 aliphatic carbocycles. The average Bonchev–Trinajstić information content (AvgIpc) is 3.03. The van der Waals surface area contributed by atoms with Crippen LogP contribution in [0.2, 0.25) is 0 Å². The number of rotatable bonds is 5. The van der Waals surface area contributed by atoms with Gasteiger partial charge < -0.3 is 15.4 Å². The molecule has 1 amide bonds. The van der Waals surface area contributed by atoms with Gasteiger partial charge in [0.1, 0.15) is 6.61 Å². The van der Waals surface area contributed by atoms with Gasteiger partial charge >= 0.3 is 0 Å². The molecular formula is C11H20N2O2. The van der Waals surface area contributed by atoms with Crippen LogP contribution in [-0.2, 0) is 9.53 Å². The van der Waals surface area contributed by atoms with Gasteiger partial charge in [-0.05, 0) is 38.1 Å². The molecule has 1 saturated carbocycles. The van der Waals surface area contributed by atoms with Gasteiger partial charge in [0.15, 0.2) is 0 Å². The molecular weight excluding hydrogens is 192 g/mol. The molecule has 4 nitrogen and oxygen atoms in total. The van der Waals surface area contributed by atoms with Gasteiger partial charge in [-0.15, -0.1) is 0 Å². The SMILES string of the molecule is O=C(COCC1CC1)N[C@@H]1CCCNC1. The van der Waals surface area contributed by atoms with Crippen LogP contribution in [0.5, 0.6) is 0 Å². The first kappa shape index (κ1) is 10.9. The van der Waals surface area contributed by atoms with Gasteiger partial charge in [0.25, 0.3) is 0 Å². The molecule has 1 saturated heterocycles. The van der Waals surface area contributed by atoms with Crippen LogP contribution in [0.4, 0.5) is 0 Å². The Morgan fingerprint density at radius 1 is 1.40 bits per heavy atom. The fourth-order valence-electron chi connectivity index (χ4n) is 1.85. The van der Waals surface area contributed by atoms with Crippen molar-refractivity contribution in [2.45, 2.75) is 31.7 Å². The molecule has 0 unspecified atom stereocenters. The van der Waals surface area contributed by atoms with Crippen molar-refractivity contribution in [3.8, 4) is 0 Å². The largest absolute Gasteiger partial charge is 0.371 e. The highest BCUT2D eigenvalue weighted by molar-refractivity contribution is 5.77. The minimum Gasteiger partial charge on any atom is -0.371 e. The first-order valence-corrected chi connectivity index (χ1v) is 5.92. The van der Waals surface area contributed by atoms with E-state index in [0.29, 0.717) is 6.04 Å². The molecule has 4 heteroatoms. The fourth-order valence-corrected chi connectivity index (χ4v) is 1.85. The van der Waals surface area contributed by atoms with Crippen LogP contribution in [-0.4, -0.2) is 38.3 Å². The number of nitrogens with one attached hydrogen (secondary N) is 2. The highest BCUT2D eigenvalue weighted by Crippen LogP contribution is 2.28. The third kappa shape index (κ3) is 4.18. The molecule has 1 heterocycles. The molecule has 0 bridgehead atoms. The van der Waals surface area contributed by atoms with Crippen LogP contribution < -0.4 is 10.6 Å². The van der Waals surface area contributed by atoms with E-state index in [1.165, 1.54) is 12.8 Å². The summed E-state index contributed by atoms with van der Waals surface area (Å²) in [5.41, 5.74) is 0. The van der Waals surface area contributed by atoms with Crippen LogP contribution in [0.3, 0.4) is 0 Å². The third-order valence-corrected chi connectivity index (χ3v) is 2.95. The second-order valence-electron chi connectivity index (χ2n) is 4.57. The van der Waals surface area contributed by atoms with Crippen molar-refractivity contribution in [1.82, 2.24) is 10.6 Å². The lowest BCUT2D eigenvalue weighted by atomic mass is 10.1. The molecule has 86 valence electrons. The number of hydrogen-bond donors (Lipinski definition) is 2. The maximum absolute atomic E-state index is 11.4. The molecule has 0 aromatic rings. The summed E-state index contributed by atoms with van der Waals surface area (Å²) in [5, 5.41) is 6.26. The zero-order chi connectivity index (χ0) is 10.5. The molecule has 15 heavy (non-hydrogen) atoms. The van der Waals surface area contributed by atoms with E-state index in [9.17, 15) is 4.79 Å². The summed E-state index contributed by atoms with van der Waals surface area (Å²) in [5.74, 6) is 0.762. The second-order valence-corrected chi connectivity index (χ2v) is 4.57. The molecule has 1 aliphatic heterocycles. The molecule has 2 rings (SSSR count). The summed E-state index contributed by atoms with van der Waals surface area (Å²) < 4.78 is 5.33. The number of carbonyl (C=O) groups is 1. The number of ether oxygens (including phenoxy) is 1. The number of carbonyl (C=O) groups excluding carboxylic acids is 1. The Morgan fingerprint density at radius 2 is 2.27 bits per heavy atom. The standard InChI is InChI=1S/C11H20N2O2/c14-11(8-15-7-9-3-4-9)13-10-2-1-5-12-6-10/h9-10,12H,1-8H2,(H,13,14)/t10-/m1/s1. The molecule has 2 fully saturated rings. The van der Waals surface area contributed by atoms with E-state index in [1.807, 2.05) is 0 Å². The van der Waals surface area contributed by atoms with Crippen LogP contribution >= 0.6 is 0 Å². The van der Waals surface area contributed by atoms with Crippen LogP contribution in [0, 0.1) is 5.92 Å². The first-order chi connectivity index (χ1) is 7.34. The Hall–Kier alpha value is -0.610. The highest BCUT2D eigenvalue weighted by atomic mass is 16.5. The van der Waals surface area contributed by atoms with Crippen molar-refractivity contribution >= 4 is 5.91 Å². The van der Waals surface area contributed by atoms with E-state index in [0.717, 1.165) is 38.5 Å². The summed E-state index contributed by atoms with van der Waals surface area (Å²) in [6.07, 6.45) is 4.78. The van der Waals surface area contributed by atoms with Gasteiger partial charge in [-0.1, -0.05) is 0 Å². The van der Waals surface area contributed by atoms with Crippen LogP contribution in [0.15, 0.2) is 0 Å². The zero-order valence-corrected chi connectivity index (χ0v) is 9.13. The van der Waals surface area contributed by atoms with E-state index >= 15 is 0 Å². The van der Waals surface area contributed by atoms with Crippen molar-refractivity contribution in [3.05, 3.63) is 0 Å². The average molecular weight is 212 g/mol. The Balaban J connectivity index is 1.54. The summed E-state index contributed by atoms with van der Waals surface area (Å²) in [7, 11) is 0. The lowest BCUT2D eigenvalue weighted by Crippen LogP contribution is -2.46. The van der Waals surface area contributed by atoms with Crippen LogP contribution in [0.1, 0.15) is 25.7 Å². The van der Waals surface area contributed by atoms with E-state index in [4.69, 9.17) is 4.74 Å². The normalized spacial score (nSPS) is 26.3. The lowest BCUT2D eigenvalue weighted by Gasteiger charge is -2.23. The smallest absolute Gasteiger partial charge is 0.246 e. The van der Waals surface area contributed by atoms with Gasteiger partial charge in [-0.25, -0.2) is 0 Å². The molecule has 0 spiro atoms. The van der Waals surface area contributed by atoms with Gasteiger partial charge in [-0.2, -0.15) is 0 Å². The summed E-state index contributed by atoms with van der Waals surface area (Å²) in [6.45, 7) is 2.96. The first-order valence-electron chi connectivity index (χ1n) is 5.92. The molecule has 2 aliphatic rings. The third-order valence-electron chi connectivity index (χ3n) is 2.95. The van der Waals surface area contributed by atoms with Crippen molar-refractivity contribution in [2.24, 2.45) is 5.92 Å². The van der Waals surface area contributed by atoms with Crippen molar-refractivity contribution in [3.63, 3.8) is 0 Å². The monoisotopic (exact) mass is 212 g/mol. The summed E-state index contributed by atoms with van der Waals surface area (Å²) in [6, 6.07) is 0.302. The number of amides is 1. The highest BCUT2D eigenvalue weighted by Gasteiger charge is 2.22. The Labute approximate surface area is 90.8 Å². The van der Waals surface area contributed by atoms with E-state index in [1.54, 1.807) is 0 Å². The minimum absolute atomic E-state index is 0.0318. The molecule has 0 radical (unpaired) electrons. The number of piperidine rings is 1. The molecule has 0 aromatic carbocycles. The van der Waals surface area contributed by atoms with Gasteiger partial charge in [0, 0.05) is 12.6 Å². The predicted octanol–water partition coefficient (Wildman–Crippen LogP) is 0.281. The summed E-state index contributed by atoms with van der Waals surface area (Å²) >= 11 is 0. The van der Waals surface area contributed by atoms with E-state index < -0.39 is 0 Å². The Bertz CT molecular complexity index is 211. The summed E-state index contributed by atoms with van der Waals surface area (Å²) in [4.78, 5) is 11.4. The Morgan fingerprint density at radius 3 is 2.93 bits per heavy atom. The van der Waals surface area contributed by atoms with Gasteiger partial charge in [0.2, 0.25) is 5.91 Å². The van der Waals surface area contributed by atoms with Crippen molar-refractivity contribution in [1.29, 1.82) is 0 Å². The topological polar surface area (TPSA) is 50.4 Å². The second kappa shape index (κ2) is 5.47. The van der Waals surface area contributed by atoms with Gasteiger partial charge in [-0.3, -0.25) is 4.79 Å². The van der Waals surface area contributed by atoms with E-state index in [2.05, 4.69) is 10.6 Å². The minimum atomic E-state index is 0.0318. The maximum atomic E-state index is 11.4. The predicted molar refractivity (Wildman–Crippen MR) is 57.6 cm³/mol. The zero-order valence-electron chi connectivity index (χ0n) is 9.13. The maximum Gasteiger partial charge on any atom is 0.246 e. The number of hydrogen-bond acceptors (Lipinski definition) is 3. The van der Waals surface area contributed by atoms with E-state index in [-0.39, 0.29) is 12.5 Å². The quantitative estimate of drug-likeness (QED) is 0.688. The lowest BCUT2D eigenvalue weighted by molar-refractivity contribution is -0.126. The fraction of sp³-hybridized carbons (Fsp3) is 0.909. The molecule has 2 N–H and O–H groups in total. The van der Waals surface area contributed by atoms with Crippen LogP contribution in [0.25, 0.3) is 0 Å². The van der Waals surface area contributed by atoms with Gasteiger partial charge in [0.05, 0.1) is 6.61 Å². The molecule has 1 atom stereocenters. The van der Waals surface area contributed by atoms with Crippen molar-refractivity contribution < 1.29 is 9.53 Å². The van der Waals surface area contributed by atoms with Crippen molar-refractivity contribution in [2.75, 3.05) is 26.3 Å². The molecule has 0 aromatic heterocycles.